The fourth-order valence-electron chi connectivity index (χ4n) is 4.69. The zero-order chi connectivity index (χ0) is 25.1. The van der Waals surface area contributed by atoms with Crippen LogP contribution in [0.4, 0.5) is 0 Å². The van der Waals surface area contributed by atoms with Gasteiger partial charge in [-0.2, -0.15) is 0 Å². The number of nitrogens with zero attached hydrogens (tertiary/aromatic N) is 4. The zero-order valence-corrected chi connectivity index (χ0v) is 21.1. The molecule has 0 amide bonds. The van der Waals surface area contributed by atoms with E-state index in [1.807, 2.05) is 19.0 Å². The number of fused-ring (bicyclic) bond motifs is 1. The van der Waals surface area contributed by atoms with Crippen molar-refractivity contribution in [2.24, 2.45) is 0 Å². The van der Waals surface area contributed by atoms with E-state index in [1.165, 1.54) is 12.1 Å². The largest absolute Gasteiger partial charge is 0.359 e. The highest BCUT2D eigenvalue weighted by atomic mass is 32.2. The maximum atomic E-state index is 13.6. The first-order chi connectivity index (χ1) is 16.5. The quantitative estimate of drug-likeness (QED) is 0.488. The van der Waals surface area contributed by atoms with Crippen LogP contribution in [0, 0.1) is 6.92 Å². The van der Waals surface area contributed by atoms with Gasteiger partial charge in [0, 0.05) is 37.3 Å². The Hall–Kier alpha value is -2.80. The van der Waals surface area contributed by atoms with Crippen LogP contribution in [-0.2, 0) is 23.1 Å². The van der Waals surface area contributed by atoms with E-state index in [1.54, 1.807) is 23.6 Å². The smallest absolute Gasteiger partial charge is 0.331 e. The number of nitrogens with one attached hydrogen (secondary N) is 2. The van der Waals surface area contributed by atoms with Crippen molar-refractivity contribution in [3.63, 3.8) is 0 Å². The number of hydrogen-bond acceptors (Lipinski definition) is 8. The van der Waals surface area contributed by atoms with E-state index in [9.17, 15) is 18.0 Å². The highest BCUT2D eigenvalue weighted by molar-refractivity contribution is 7.89. The summed E-state index contributed by atoms with van der Waals surface area (Å²) in [6, 6.07) is 6.30. The highest BCUT2D eigenvalue weighted by Crippen LogP contribution is 2.36. The number of aryl methyl sites for hydroxylation is 1. The van der Waals surface area contributed by atoms with E-state index in [0.29, 0.717) is 23.5 Å². The number of benzene rings is 1. The molecule has 1 saturated heterocycles. The molecule has 0 radical (unpaired) electrons. The molecule has 3 aromatic rings. The van der Waals surface area contributed by atoms with E-state index in [4.69, 9.17) is 4.52 Å². The van der Waals surface area contributed by atoms with Gasteiger partial charge in [0.2, 0.25) is 10.0 Å². The normalized spacial score (nSPS) is 22.2. The maximum Gasteiger partial charge on any atom is 0.331 e. The standard InChI is InChI=1S/C23H30N6O5S/c1-14-9-16(27(4)24-14)12-28-20-6-5-18(35(32,33)26-23(3)7-8-23)11-19(20)21(30)29(22(28)31)13-17-10-15(2)25-34-17/h5-6,10-11,14,16,24,26H,7-9,12-13H2,1-4H3. The van der Waals surface area contributed by atoms with Crippen LogP contribution in [0.5, 0.6) is 0 Å². The lowest BCUT2D eigenvalue weighted by molar-refractivity contribution is 0.211. The van der Waals surface area contributed by atoms with Crippen LogP contribution in [0.2, 0.25) is 0 Å². The predicted octanol–water partition coefficient (Wildman–Crippen LogP) is 0.936. The lowest BCUT2D eigenvalue weighted by Gasteiger charge is -2.22. The van der Waals surface area contributed by atoms with Gasteiger partial charge >= 0.3 is 5.69 Å². The summed E-state index contributed by atoms with van der Waals surface area (Å²) in [4.78, 5) is 27.1. The van der Waals surface area contributed by atoms with Gasteiger partial charge in [-0.05, 0) is 58.2 Å². The Morgan fingerprint density at radius 2 is 1.97 bits per heavy atom. The lowest BCUT2D eigenvalue weighted by Crippen LogP contribution is -2.44. The Balaban J connectivity index is 1.66. The molecule has 2 aliphatic rings. The monoisotopic (exact) mass is 502 g/mol. The molecule has 1 aromatic carbocycles. The topological polar surface area (TPSA) is 131 Å². The summed E-state index contributed by atoms with van der Waals surface area (Å²) in [6.45, 7) is 5.90. The average molecular weight is 503 g/mol. The summed E-state index contributed by atoms with van der Waals surface area (Å²) in [6.07, 6.45) is 2.36. The zero-order valence-electron chi connectivity index (χ0n) is 20.2. The molecule has 11 nitrogen and oxygen atoms in total. The fraction of sp³-hybridized carbons (Fsp3) is 0.522. The molecule has 1 saturated carbocycles. The van der Waals surface area contributed by atoms with E-state index < -0.39 is 26.8 Å². The first-order valence-electron chi connectivity index (χ1n) is 11.7. The summed E-state index contributed by atoms with van der Waals surface area (Å²) >= 11 is 0. The van der Waals surface area contributed by atoms with Gasteiger partial charge in [-0.15, -0.1) is 0 Å². The number of rotatable bonds is 7. The third-order valence-electron chi connectivity index (χ3n) is 6.87. The van der Waals surface area contributed by atoms with Gasteiger partial charge < -0.3 is 4.52 Å². The molecule has 2 atom stereocenters. The van der Waals surface area contributed by atoms with Crippen molar-refractivity contribution >= 4 is 20.9 Å². The van der Waals surface area contributed by atoms with Crippen LogP contribution >= 0.6 is 0 Å². The van der Waals surface area contributed by atoms with Gasteiger partial charge in [-0.1, -0.05) is 5.16 Å². The van der Waals surface area contributed by atoms with Crippen molar-refractivity contribution in [1.82, 2.24) is 29.4 Å². The van der Waals surface area contributed by atoms with Gasteiger partial charge in [0.1, 0.15) is 0 Å². The van der Waals surface area contributed by atoms with Crippen LogP contribution in [0.25, 0.3) is 10.9 Å². The Bertz CT molecular complexity index is 1520. The number of aromatic nitrogens is 3. The number of hydrazine groups is 1. The van der Waals surface area contributed by atoms with Gasteiger partial charge in [0.05, 0.1) is 28.0 Å². The molecule has 5 rings (SSSR count). The minimum absolute atomic E-state index is 0.00393. The van der Waals surface area contributed by atoms with Crippen LogP contribution in [-0.4, -0.2) is 52.4 Å². The molecular weight excluding hydrogens is 472 g/mol. The average Bonchev–Trinajstić information content (AvgIpc) is 3.20. The molecule has 2 aromatic heterocycles. The van der Waals surface area contributed by atoms with Crippen molar-refractivity contribution in [2.45, 2.75) is 75.6 Å². The SMILES string of the molecule is Cc1cc(Cn2c(=O)c3cc(S(=O)(=O)NC4(C)CC4)ccc3n(CC3CC(C)NN3C)c2=O)on1. The Morgan fingerprint density at radius 1 is 1.23 bits per heavy atom. The van der Waals surface area contributed by atoms with E-state index in [2.05, 4.69) is 22.2 Å². The number of likely N-dealkylation sites (N-methyl/N-ethyl adjacent to an activating group) is 1. The third kappa shape index (κ3) is 4.58. The predicted molar refractivity (Wildman–Crippen MR) is 130 cm³/mol. The van der Waals surface area contributed by atoms with Gasteiger partial charge in [0.15, 0.2) is 5.76 Å². The lowest BCUT2D eigenvalue weighted by atomic mass is 10.1. The van der Waals surface area contributed by atoms with Crippen molar-refractivity contribution < 1.29 is 12.9 Å². The van der Waals surface area contributed by atoms with Crippen molar-refractivity contribution in [2.75, 3.05) is 7.05 Å². The maximum absolute atomic E-state index is 13.6. The summed E-state index contributed by atoms with van der Waals surface area (Å²) in [7, 11) is -1.91. The van der Waals surface area contributed by atoms with E-state index in [0.717, 1.165) is 23.8 Å². The van der Waals surface area contributed by atoms with Gasteiger partial charge in [-0.25, -0.2) is 22.9 Å². The fourth-order valence-corrected chi connectivity index (χ4v) is 6.18. The van der Waals surface area contributed by atoms with Crippen LogP contribution in [0.15, 0.2) is 43.3 Å². The van der Waals surface area contributed by atoms with Crippen molar-refractivity contribution in [1.29, 1.82) is 0 Å². The molecule has 1 aliphatic heterocycles. The van der Waals surface area contributed by atoms with Crippen LogP contribution in [0.3, 0.4) is 0 Å². The second-order valence-corrected chi connectivity index (χ2v) is 11.8. The second kappa shape index (κ2) is 8.40. The molecule has 0 spiro atoms. The van der Waals surface area contributed by atoms with Gasteiger partial charge in [-0.3, -0.25) is 19.4 Å². The molecule has 188 valence electrons. The summed E-state index contributed by atoms with van der Waals surface area (Å²) < 4.78 is 36.6. The minimum Gasteiger partial charge on any atom is -0.359 e. The molecular formula is C23H30N6O5S. The molecule has 0 bridgehead atoms. The molecule has 2 unspecified atom stereocenters. The molecule has 1 aliphatic carbocycles. The molecule has 12 heteroatoms. The molecule has 3 heterocycles. The Kier molecular flexibility index (Phi) is 5.74. The molecule has 2 N–H and O–H groups in total. The third-order valence-corrected chi connectivity index (χ3v) is 8.50. The first-order valence-corrected chi connectivity index (χ1v) is 13.2. The summed E-state index contributed by atoms with van der Waals surface area (Å²) in [5.41, 5.74) is 2.84. The summed E-state index contributed by atoms with van der Waals surface area (Å²) in [5, 5.41) is 5.97. The van der Waals surface area contributed by atoms with Crippen LogP contribution < -0.4 is 21.4 Å². The molecule has 35 heavy (non-hydrogen) atoms. The number of sulfonamides is 1. The first kappa shape index (κ1) is 23.9. The minimum atomic E-state index is -3.83. The van der Waals surface area contributed by atoms with E-state index in [-0.39, 0.29) is 28.9 Å². The van der Waals surface area contributed by atoms with E-state index >= 15 is 0 Å². The van der Waals surface area contributed by atoms with Crippen LogP contribution in [0.1, 0.15) is 44.6 Å². The van der Waals surface area contributed by atoms with Gasteiger partial charge in [0.25, 0.3) is 5.56 Å². The molecule has 2 fully saturated rings. The Labute approximate surface area is 202 Å². The number of hydrogen-bond donors (Lipinski definition) is 2. The highest BCUT2D eigenvalue weighted by Gasteiger charge is 2.41. The Morgan fingerprint density at radius 3 is 2.57 bits per heavy atom. The second-order valence-electron chi connectivity index (χ2n) is 10.1. The van der Waals surface area contributed by atoms with Crippen molar-refractivity contribution in [3.8, 4) is 0 Å². The summed E-state index contributed by atoms with van der Waals surface area (Å²) in [5.74, 6) is 0.368. The van der Waals surface area contributed by atoms with Crippen molar-refractivity contribution in [3.05, 3.63) is 56.6 Å².